The van der Waals surface area contributed by atoms with Crippen molar-refractivity contribution in [1.29, 1.82) is 0 Å². The van der Waals surface area contributed by atoms with Crippen molar-refractivity contribution < 1.29 is 5.11 Å². The number of hydrogen-bond donors (Lipinski definition) is 1. The van der Waals surface area contributed by atoms with Crippen LogP contribution in [-0.2, 0) is 0 Å². The van der Waals surface area contributed by atoms with Crippen LogP contribution in [0.5, 0.6) is 0 Å². The van der Waals surface area contributed by atoms with E-state index in [0.717, 1.165) is 25.1 Å². The van der Waals surface area contributed by atoms with Crippen molar-refractivity contribution in [1.82, 2.24) is 14.8 Å². The predicted octanol–water partition coefficient (Wildman–Crippen LogP) is 3.15. The summed E-state index contributed by atoms with van der Waals surface area (Å²) in [5, 5.41) is 14.6. The number of aromatic nitrogens is 3. The first-order valence-electron chi connectivity index (χ1n) is 7.38. The van der Waals surface area contributed by atoms with Crippen LogP contribution >= 0.6 is 0 Å². The maximum atomic E-state index is 9.98. The molecule has 1 aromatic rings. The summed E-state index contributed by atoms with van der Waals surface area (Å²) in [6.07, 6.45) is 4.41. The largest absolute Gasteiger partial charge is 0.393 e. The lowest BCUT2D eigenvalue weighted by Crippen LogP contribution is -2.37. The van der Waals surface area contributed by atoms with Gasteiger partial charge in [-0.3, -0.25) is 0 Å². The average molecular weight is 265 g/mol. The number of nitrogens with zero attached hydrogens (tertiary/aromatic N) is 3. The molecular weight excluding hydrogens is 238 g/mol. The summed E-state index contributed by atoms with van der Waals surface area (Å²) in [5.74, 6) is 1.79. The molecule has 1 N–H and O–H groups in total. The Kier molecular flexibility index (Phi) is 4.00. The molecule has 4 nitrogen and oxygen atoms in total. The zero-order valence-electron chi connectivity index (χ0n) is 12.8. The molecule has 0 spiro atoms. The van der Waals surface area contributed by atoms with Crippen LogP contribution in [-0.4, -0.2) is 26.0 Å². The molecule has 0 bridgehead atoms. The highest BCUT2D eigenvalue weighted by atomic mass is 16.3. The molecule has 0 saturated heterocycles. The van der Waals surface area contributed by atoms with Crippen LogP contribution in [0.3, 0.4) is 0 Å². The molecule has 3 unspecified atom stereocenters. The number of hydrogen-bond acceptors (Lipinski definition) is 3. The lowest BCUT2D eigenvalue weighted by molar-refractivity contribution is 0.0251. The molecule has 2 rings (SSSR count). The van der Waals surface area contributed by atoms with Gasteiger partial charge in [-0.2, -0.15) is 5.10 Å². The second-order valence-electron chi connectivity index (χ2n) is 7.24. The van der Waals surface area contributed by atoms with E-state index in [1.807, 2.05) is 11.0 Å². The fraction of sp³-hybridized carbons (Fsp3) is 0.867. The highest BCUT2D eigenvalue weighted by Crippen LogP contribution is 2.44. The van der Waals surface area contributed by atoms with Crippen LogP contribution in [0.2, 0.25) is 0 Å². The van der Waals surface area contributed by atoms with Crippen molar-refractivity contribution in [3.8, 4) is 0 Å². The van der Waals surface area contributed by atoms with Gasteiger partial charge in [0.2, 0.25) is 0 Å². The minimum absolute atomic E-state index is 0.199. The van der Waals surface area contributed by atoms with Crippen molar-refractivity contribution in [3.63, 3.8) is 0 Å². The van der Waals surface area contributed by atoms with E-state index >= 15 is 0 Å². The van der Waals surface area contributed by atoms with Crippen molar-refractivity contribution >= 4 is 0 Å². The fourth-order valence-electron chi connectivity index (χ4n) is 3.14. The molecule has 4 heteroatoms. The van der Waals surface area contributed by atoms with Gasteiger partial charge in [0, 0.05) is 5.92 Å². The number of aliphatic hydroxyl groups is 1. The number of aliphatic hydroxyl groups excluding tert-OH is 1. The Labute approximate surface area is 116 Å². The normalized spacial score (nSPS) is 28.9. The molecule has 0 radical (unpaired) electrons. The molecule has 1 aliphatic rings. The van der Waals surface area contributed by atoms with Crippen LogP contribution in [0.15, 0.2) is 6.33 Å². The van der Waals surface area contributed by atoms with Crippen LogP contribution in [0, 0.1) is 11.3 Å². The van der Waals surface area contributed by atoms with Crippen molar-refractivity contribution in [2.45, 2.75) is 71.9 Å². The fourth-order valence-corrected chi connectivity index (χ4v) is 3.14. The van der Waals surface area contributed by atoms with E-state index in [1.165, 1.54) is 0 Å². The Morgan fingerprint density at radius 1 is 1.32 bits per heavy atom. The van der Waals surface area contributed by atoms with E-state index in [0.29, 0.717) is 11.8 Å². The molecule has 1 aliphatic carbocycles. The summed E-state index contributed by atoms with van der Waals surface area (Å²) in [6.45, 7) is 11.1. The molecule has 19 heavy (non-hydrogen) atoms. The van der Waals surface area contributed by atoms with Crippen LogP contribution in [0.4, 0.5) is 0 Å². The lowest BCUT2D eigenvalue weighted by Gasteiger charge is -2.41. The Hall–Kier alpha value is -0.900. The summed E-state index contributed by atoms with van der Waals surface area (Å²) in [7, 11) is 0. The highest BCUT2D eigenvalue weighted by Gasteiger charge is 2.38. The van der Waals surface area contributed by atoms with Gasteiger partial charge < -0.3 is 5.11 Å². The maximum absolute atomic E-state index is 9.98. The third-order valence-electron chi connectivity index (χ3n) is 4.28. The van der Waals surface area contributed by atoms with E-state index in [2.05, 4.69) is 44.7 Å². The second-order valence-corrected chi connectivity index (χ2v) is 7.24. The zero-order chi connectivity index (χ0) is 14.2. The zero-order valence-corrected chi connectivity index (χ0v) is 12.8. The third-order valence-corrected chi connectivity index (χ3v) is 4.28. The van der Waals surface area contributed by atoms with Gasteiger partial charge >= 0.3 is 0 Å². The van der Waals surface area contributed by atoms with E-state index in [4.69, 9.17) is 0 Å². The van der Waals surface area contributed by atoms with Crippen LogP contribution < -0.4 is 0 Å². The SMILES string of the molecule is CC(C)c1ncn(C2CC(O)CCC2C(C)(C)C)n1. The minimum atomic E-state index is -0.199. The Bertz CT molecular complexity index is 419. The summed E-state index contributed by atoms with van der Waals surface area (Å²) in [4.78, 5) is 4.40. The van der Waals surface area contributed by atoms with Crippen molar-refractivity contribution in [2.75, 3.05) is 0 Å². The van der Waals surface area contributed by atoms with Gasteiger partial charge in [0.1, 0.15) is 6.33 Å². The Balaban J connectivity index is 2.26. The maximum Gasteiger partial charge on any atom is 0.153 e. The van der Waals surface area contributed by atoms with Gasteiger partial charge in [-0.1, -0.05) is 34.6 Å². The molecule has 1 aromatic heterocycles. The monoisotopic (exact) mass is 265 g/mol. The summed E-state index contributed by atoms with van der Waals surface area (Å²) in [6, 6.07) is 0.267. The van der Waals surface area contributed by atoms with E-state index in [-0.39, 0.29) is 17.6 Å². The van der Waals surface area contributed by atoms with Crippen molar-refractivity contribution in [2.24, 2.45) is 11.3 Å². The number of rotatable bonds is 2. The smallest absolute Gasteiger partial charge is 0.153 e. The lowest BCUT2D eigenvalue weighted by atomic mass is 9.69. The molecule has 1 fully saturated rings. The van der Waals surface area contributed by atoms with Gasteiger partial charge in [0.05, 0.1) is 12.1 Å². The highest BCUT2D eigenvalue weighted by molar-refractivity contribution is 4.94. The Morgan fingerprint density at radius 3 is 2.53 bits per heavy atom. The van der Waals surface area contributed by atoms with Crippen molar-refractivity contribution in [3.05, 3.63) is 12.2 Å². The third kappa shape index (κ3) is 3.16. The molecule has 0 amide bonds. The first-order chi connectivity index (χ1) is 8.79. The quantitative estimate of drug-likeness (QED) is 0.893. The molecule has 1 heterocycles. The summed E-state index contributed by atoms with van der Waals surface area (Å²) >= 11 is 0. The molecule has 0 aliphatic heterocycles. The molecule has 1 saturated carbocycles. The average Bonchev–Trinajstić information content (AvgIpc) is 2.76. The molecular formula is C15H27N3O. The summed E-state index contributed by atoms with van der Waals surface area (Å²) in [5.41, 5.74) is 0.231. The van der Waals surface area contributed by atoms with Gasteiger partial charge in [0.25, 0.3) is 0 Å². The Morgan fingerprint density at radius 2 is 2.00 bits per heavy atom. The topological polar surface area (TPSA) is 50.9 Å². The van der Waals surface area contributed by atoms with Gasteiger partial charge in [-0.05, 0) is 30.6 Å². The van der Waals surface area contributed by atoms with Crippen LogP contribution in [0.1, 0.15) is 71.7 Å². The second kappa shape index (κ2) is 5.23. The predicted molar refractivity (Wildman–Crippen MR) is 76.0 cm³/mol. The minimum Gasteiger partial charge on any atom is -0.393 e. The van der Waals surface area contributed by atoms with E-state index < -0.39 is 0 Å². The summed E-state index contributed by atoms with van der Waals surface area (Å²) < 4.78 is 1.99. The molecule has 3 atom stereocenters. The first kappa shape index (κ1) is 14.5. The standard InChI is InChI=1S/C15H27N3O/c1-10(2)14-16-9-18(17-14)13-8-11(19)6-7-12(13)15(3,4)5/h9-13,19H,6-8H2,1-5H3. The van der Waals surface area contributed by atoms with Gasteiger partial charge in [0.15, 0.2) is 5.82 Å². The van der Waals surface area contributed by atoms with Crippen LogP contribution in [0.25, 0.3) is 0 Å². The van der Waals surface area contributed by atoms with Gasteiger partial charge in [-0.25, -0.2) is 9.67 Å². The molecule has 108 valence electrons. The van der Waals surface area contributed by atoms with Gasteiger partial charge in [-0.15, -0.1) is 0 Å². The first-order valence-corrected chi connectivity index (χ1v) is 7.38. The van der Waals surface area contributed by atoms with E-state index in [9.17, 15) is 5.11 Å². The van der Waals surface area contributed by atoms with E-state index in [1.54, 1.807) is 0 Å². The molecule has 0 aromatic carbocycles.